The predicted octanol–water partition coefficient (Wildman–Crippen LogP) is 1.69. The van der Waals surface area contributed by atoms with Crippen molar-refractivity contribution in [2.45, 2.75) is 6.42 Å². The molecule has 0 aliphatic heterocycles. The van der Waals surface area contributed by atoms with Crippen LogP contribution in [0.3, 0.4) is 0 Å². The van der Waals surface area contributed by atoms with Gasteiger partial charge in [-0.2, -0.15) is 0 Å². The van der Waals surface area contributed by atoms with E-state index >= 15 is 0 Å². The number of amides is 2. The summed E-state index contributed by atoms with van der Waals surface area (Å²) in [6.45, 7) is 0.340. The quantitative estimate of drug-likeness (QED) is 0.842. The van der Waals surface area contributed by atoms with Gasteiger partial charge in [0.1, 0.15) is 0 Å². The topological polar surface area (TPSA) is 75.4 Å². The summed E-state index contributed by atoms with van der Waals surface area (Å²) < 4.78 is 1.02. The predicted molar refractivity (Wildman–Crippen MR) is 81.9 cm³/mol. The molecule has 2 amide bonds. The molecule has 0 aliphatic rings. The van der Waals surface area contributed by atoms with E-state index in [0.717, 1.165) is 10.1 Å². The van der Waals surface area contributed by atoms with Crippen LogP contribution in [0, 0.1) is 0 Å². The number of fused-ring (bicyclic) bond motifs is 1. The molecule has 106 valence electrons. The lowest BCUT2D eigenvalue weighted by Crippen LogP contribution is -2.29. The van der Waals surface area contributed by atoms with Crippen LogP contribution >= 0.6 is 11.3 Å². The van der Waals surface area contributed by atoms with E-state index in [2.05, 4.69) is 5.32 Å². The lowest BCUT2D eigenvalue weighted by molar-refractivity contribution is -0.128. The molecule has 0 radical (unpaired) electrons. The van der Waals surface area contributed by atoms with Crippen LogP contribution in [-0.2, 0) is 4.79 Å². The van der Waals surface area contributed by atoms with Crippen molar-refractivity contribution in [3.8, 4) is 0 Å². The zero-order chi connectivity index (χ0) is 14.7. The standard InChI is InChI=1S/C14H17N3O2S/c1-17(2)13(18)5-6-16-14(19)12-8-9-7-10(15)3-4-11(9)20-12/h3-4,7-8H,5-6,15H2,1-2H3,(H,16,19). The Hall–Kier alpha value is -2.08. The summed E-state index contributed by atoms with van der Waals surface area (Å²) in [6.07, 6.45) is 0.302. The van der Waals surface area contributed by atoms with Crippen molar-refractivity contribution in [3.63, 3.8) is 0 Å². The third-order valence-corrected chi connectivity index (χ3v) is 4.00. The van der Waals surface area contributed by atoms with Crippen molar-refractivity contribution < 1.29 is 9.59 Å². The van der Waals surface area contributed by atoms with E-state index in [1.54, 1.807) is 14.1 Å². The van der Waals surface area contributed by atoms with Crippen molar-refractivity contribution >= 4 is 38.9 Å². The number of anilines is 1. The highest BCUT2D eigenvalue weighted by Gasteiger charge is 2.11. The van der Waals surface area contributed by atoms with Gasteiger partial charge in [0.2, 0.25) is 5.91 Å². The van der Waals surface area contributed by atoms with Gasteiger partial charge in [-0.25, -0.2) is 0 Å². The van der Waals surface area contributed by atoms with E-state index in [0.29, 0.717) is 23.5 Å². The van der Waals surface area contributed by atoms with Gasteiger partial charge >= 0.3 is 0 Å². The van der Waals surface area contributed by atoms with Crippen molar-refractivity contribution in [3.05, 3.63) is 29.1 Å². The highest BCUT2D eigenvalue weighted by atomic mass is 32.1. The fourth-order valence-corrected chi connectivity index (χ4v) is 2.73. The number of hydrogen-bond acceptors (Lipinski definition) is 4. The average molecular weight is 291 g/mol. The molecular weight excluding hydrogens is 274 g/mol. The SMILES string of the molecule is CN(C)C(=O)CCNC(=O)c1cc2cc(N)ccc2s1. The second-order valence-electron chi connectivity index (χ2n) is 4.70. The molecule has 2 aromatic rings. The average Bonchev–Trinajstić information content (AvgIpc) is 2.81. The van der Waals surface area contributed by atoms with Gasteiger partial charge < -0.3 is 16.0 Å². The number of rotatable bonds is 4. The monoisotopic (exact) mass is 291 g/mol. The Morgan fingerprint density at radius 3 is 2.75 bits per heavy atom. The van der Waals surface area contributed by atoms with Crippen LogP contribution in [-0.4, -0.2) is 37.4 Å². The number of nitrogen functional groups attached to an aromatic ring is 1. The number of hydrogen-bond donors (Lipinski definition) is 2. The van der Waals surface area contributed by atoms with Gasteiger partial charge in [0.05, 0.1) is 4.88 Å². The highest BCUT2D eigenvalue weighted by molar-refractivity contribution is 7.20. The molecule has 20 heavy (non-hydrogen) atoms. The summed E-state index contributed by atoms with van der Waals surface area (Å²) in [5.41, 5.74) is 6.39. The lowest BCUT2D eigenvalue weighted by atomic mass is 10.2. The fraction of sp³-hybridized carbons (Fsp3) is 0.286. The Balaban J connectivity index is 1.99. The summed E-state index contributed by atoms with van der Waals surface area (Å²) in [5, 5.41) is 3.72. The Labute approximate surface area is 121 Å². The minimum Gasteiger partial charge on any atom is -0.399 e. The molecule has 1 heterocycles. The summed E-state index contributed by atoms with van der Waals surface area (Å²) in [6, 6.07) is 7.38. The molecule has 1 aromatic heterocycles. The molecule has 0 bridgehead atoms. The zero-order valence-electron chi connectivity index (χ0n) is 11.5. The number of nitrogens with one attached hydrogen (secondary N) is 1. The Morgan fingerprint density at radius 1 is 1.30 bits per heavy atom. The van der Waals surface area contributed by atoms with Gasteiger partial charge in [-0.05, 0) is 29.7 Å². The van der Waals surface area contributed by atoms with Crippen LogP contribution in [0.5, 0.6) is 0 Å². The maximum absolute atomic E-state index is 12.0. The van der Waals surface area contributed by atoms with Crippen LogP contribution in [0.1, 0.15) is 16.1 Å². The van der Waals surface area contributed by atoms with Gasteiger partial charge in [-0.1, -0.05) is 0 Å². The van der Waals surface area contributed by atoms with Gasteiger partial charge in [0.15, 0.2) is 0 Å². The first-order valence-corrected chi connectivity index (χ1v) is 7.06. The molecular formula is C14H17N3O2S. The molecule has 2 rings (SSSR count). The van der Waals surface area contributed by atoms with Crippen molar-refractivity contribution in [1.29, 1.82) is 0 Å². The Morgan fingerprint density at radius 2 is 2.05 bits per heavy atom. The Bertz CT molecular complexity index is 649. The largest absolute Gasteiger partial charge is 0.399 e. The van der Waals surface area contributed by atoms with Crippen LogP contribution in [0.25, 0.3) is 10.1 Å². The second-order valence-corrected chi connectivity index (χ2v) is 5.79. The van der Waals surface area contributed by atoms with Crippen molar-refractivity contribution in [1.82, 2.24) is 10.2 Å². The van der Waals surface area contributed by atoms with Gasteiger partial charge in [-0.15, -0.1) is 11.3 Å². The number of thiophene rings is 1. The number of nitrogens with two attached hydrogens (primary N) is 1. The number of carbonyl (C=O) groups is 2. The number of nitrogens with zero attached hydrogens (tertiary/aromatic N) is 1. The summed E-state index contributed by atoms with van der Waals surface area (Å²) in [5.74, 6) is -0.161. The fourth-order valence-electron chi connectivity index (χ4n) is 1.77. The normalized spacial score (nSPS) is 10.5. The molecule has 0 aliphatic carbocycles. The van der Waals surface area contributed by atoms with Crippen LogP contribution in [0.4, 0.5) is 5.69 Å². The molecule has 5 nitrogen and oxygen atoms in total. The highest BCUT2D eigenvalue weighted by Crippen LogP contribution is 2.27. The third kappa shape index (κ3) is 3.27. The molecule has 0 saturated carbocycles. The van der Waals surface area contributed by atoms with Crippen molar-refractivity contribution in [2.24, 2.45) is 0 Å². The molecule has 1 aromatic carbocycles. The summed E-state index contributed by atoms with van der Waals surface area (Å²) in [7, 11) is 3.39. The van der Waals surface area contributed by atoms with E-state index in [1.807, 2.05) is 24.3 Å². The maximum atomic E-state index is 12.0. The first-order valence-electron chi connectivity index (χ1n) is 6.25. The van der Waals surface area contributed by atoms with Crippen LogP contribution < -0.4 is 11.1 Å². The second kappa shape index (κ2) is 5.92. The summed E-state index contributed by atoms with van der Waals surface area (Å²) >= 11 is 1.42. The van der Waals surface area contributed by atoms with Gasteiger partial charge in [0, 0.05) is 37.4 Å². The molecule has 0 saturated heterocycles. The van der Waals surface area contributed by atoms with E-state index in [-0.39, 0.29) is 11.8 Å². The molecule has 0 fully saturated rings. The molecule has 6 heteroatoms. The minimum atomic E-state index is -0.156. The maximum Gasteiger partial charge on any atom is 0.261 e. The van der Waals surface area contributed by atoms with E-state index in [1.165, 1.54) is 16.2 Å². The first-order chi connectivity index (χ1) is 9.47. The molecule has 0 spiro atoms. The summed E-state index contributed by atoms with van der Waals surface area (Å²) in [4.78, 5) is 25.5. The smallest absolute Gasteiger partial charge is 0.261 e. The van der Waals surface area contributed by atoms with E-state index in [9.17, 15) is 9.59 Å². The van der Waals surface area contributed by atoms with Gasteiger partial charge in [-0.3, -0.25) is 9.59 Å². The first kappa shape index (κ1) is 14.3. The van der Waals surface area contributed by atoms with Gasteiger partial charge in [0.25, 0.3) is 5.91 Å². The number of benzene rings is 1. The van der Waals surface area contributed by atoms with Crippen molar-refractivity contribution in [2.75, 3.05) is 26.4 Å². The van der Waals surface area contributed by atoms with Crippen LogP contribution in [0.15, 0.2) is 24.3 Å². The van der Waals surface area contributed by atoms with E-state index in [4.69, 9.17) is 5.73 Å². The van der Waals surface area contributed by atoms with Crippen LogP contribution in [0.2, 0.25) is 0 Å². The molecule has 3 N–H and O–H groups in total. The lowest BCUT2D eigenvalue weighted by Gasteiger charge is -2.09. The van der Waals surface area contributed by atoms with E-state index < -0.39 is 0 Å². The zero-order valence-corrected chi connectivity index (χ0v) is 12.3. The minimum absolute atomic E-state index is 0.00517. The molecule has 0 atom stereocenters. The number of carbonyl (C=O) groups excluding carboxylic acids is 2. The molecule has 0 unspecified atom stereocenters. The Kier molecular flexibility index (Phi) is 4.24. The third-order valence-electron chi connectivity index (χ3n) is 2.89.